The van der Waals surface area contributed by atoms with Crippen LogP contribution < -0.4 is 10.0 Å². The van der Waals surface area contributed by atoms with Crippen molar-refractivity contribution in [2.75, 3.05) is 31.1 Å². The molecular weight excluding hydrogens is 244 g/mol. The second-order valence-corrected chi connectivity index (χ2v) is 7.77. The van der Waals surface area contributed by atoms with Crippen molar-refractivity contribution < 1.29 is 8.42 Å². The maximum atomic E-state index is 12.0. The first kappa shape index (κ1) is 12.7. The van der Waals surface area contributed by atoms with E-state index in [2.05, 4.69) is 10.0 Å². The van der Waals surface area contributed by atoms with E-state index in [1.54, 1.807) is 0 Å². The standard InChI is InChI=1S/C10H20N2O2S2/c13-16(14,10-1-4-11-5-2-10)12-7-9-3-6-15-8-9/h9-12H,1-8H2. The van der Waals surface area contributed by atoms with Gasteiger partial charge in [-0.25, -0.2) is 13.1 Å². The zero-order valence-electron chi connectivity index (χ0n) is 9.44. The van der Waals surface area contributed by atoms with E-state index in [0.29, 0.717) is 12.5 Å². The highest BCUT2D eigenvalue weighted by atomic mass is 32.2. The number of piperidine rings is 1. The highest BCUT2D eigenvalue weighted by Gasteiger charge is 2.28. The van der Waals surface area contributed by atoms with Crippen LogP contribution in [0.2, 0.25) is 0 Å². The molecule has 2 heterocycles. The number of sulfonamides is 1. The summed E-state index contributed by atoms with van der Waals surface area (Å²) in [6, 6.07) is 0. The summed E-state index contributed by atoms with van der Waals surface area (Å²) >= 11 is 1.92. The van der Waals surface area contributed by atoms with Gasteiger partial charge >= 0.3 is 0 Å². The zero-order valence-corrected chi connectivity index (χ0v) is 11.1. The molecule has 1 atom stereocenters. The van der Waals surface area contributed by atoms with Crippen LogP contribution in [-0.2, 0) is 10.0 Å². The van der Waals surface area contributed by atoms with Crippen LogP contribution in [0, 0.1) is 5.92 Å². The van der Waals surface area contributed by atoms with Crippen molar-refractivity contribution in [3.05, 3.63) is 0 Å². The van der Waals surface area contributed by atoms with Crippen molar-refractivity contribution in [2.45, 2.75) is 24.5 Å². The predicted octanol–water partition coefficient (Wildman–Crippen LogP) is 0.411. The fourth-order valence-corrected chi connectivity index (χ4v) is 5.05. The van der Waals surface area contributed by atoms with E-state index >= 15 is 0 Å². The molecule has 0 bridgehead atoms. The van der Waals surface area contributed by atoms with Crippen LogP contribution in [0.4, 0.5) is 0 Å². The molecule has 4 nitrogen and oxygen atoms in total. The highest BCUT2D eigenvalue weighted by Crippen LogP contribution is 2.23. The summed E-state index contributed by atoms with van der Waals surface area (Å²) in [6.07, 6.45) is 2.64. The summed E-state index contributed by atoms with van der Waals surface area (Å²) in [6.45, 7) is 2.29. The van der Waals surface area contributed by atoms with Crippen molar-refractivity contribution >= 4 is 21.8 Å². The van der Waals surface area contributed by atoms with E-state index in [4.69, 9.17) is 0 Å². The van der Waals surface area contributed by atoms with Gasteiger partial charge in [-0.05, 0) is 49.8 Å². The van der Waals surface area contributed by atoms with E-state index in [-0.39, 0.29) is 5.25 Å². The molecule has 0 saturated carbocycles. The van der Waals surface area contributed by atoms with Crippen molar-refractivity contribution in [1.82, 2.24) is 10.0 Å². The second-order valence-electron chi connectivity index (χ2n) is 4.57. The van der Waals surface area contributed by atoms with E-state index in [0.717, 1.165) is 38.1 Å². The molecule has 0 aromatic heterocycles. The molecule has 0 spiro atoms. The third-order valence-electron chi connectivity index (χ3n) is 3.32. The first-order valence-corrected chi connectivity index (χ1v) is 8.65. The molecule has 2 aliphatic heterocycles. The van der Waals surface area contributed by atoms with E-state index in [9.17, 15) is 8.42 Å². The van der Waals surface area contributed by atoms with Crippen LogP contribution in [0.3, 0.4) is 0 Å². The van der Waals surface area contributed by atoms with Gasteiger partial charge in [0.05, 0.1) is 5.25 Å². The Balaban J connectivity index is 1.81. The van der Waals surface area contributed by atoms with Gasteiger partial charge in [0, 0.05) is 6.54 Å². The smallest absolute Gasteiger partial charge is 0.214 e. The van der Waals surface area contributed by atoms with Crippen molar-refractivity contribution in [3.8, 4) is 0 Å². The Bertz CT molecular complexity index is 307. The maximum Gasteiger partial charge on any atom is 0.214 e. The topological polar surface area (TPSA) is 58.2 Å². The van der Waals surface area contributed by atoms with Crippen molar-refractivity contribution in [3.63, 3.8) is 0 Å². The Morgan fingerprint density at radius 2 is 2.00 bits per heavy atom. The minimum Gasteiger partial charge on any atom is -0.317 e. The number of rotatable bonds is 4. The number of hydrogen-bond donors (Lipinski definition) is 2. The molecule has 94 valence electrons. The summed E-state index contributed by atoms with van der Waals surface area (Å²) in [5.41, 5.74) is 0. The Labute approximate surface area is 102 Å². The summed E-state index contributed by atoms with van der Waals surface area (Å²) in [7, 11) is -3.07. The van der Waals surface area contributed by atoms with Crippen LogP contribution in [0.25, 0.3) is 0 Å². The lowest BCUT2D eigenvalue weighted by Gasteiger charge is -2.23. The molecule has 0 aromatic rings. The van der Waals surface area contributed by atoms with Crippen LogP contribution >= 0.6 is 11.8 Å². The van der Waals surface area contributed by atoms with Gasteiger partial charge in [0.2, 0.25) is 10.0 Å². The third-order valence-corrected chi connectivity index (χ3v) is 6.47. The molecule has 0 aliphatic carbocycles. The molecule has 2 aliphatic rings. The molecule has 2 rings (SSSR count). The quantitative estimate of drug-likeness (QED) is 0.772. The Morgan fingerprint density at radius 1 is 1.25 bits per heavy atom. The zero-order chi connectivity index (χ0) is 11.4. The van der Waals surface area contributed by atoms with Crippen LogP contribution in [0.1, 0.15) is 19.3 Å². The summed E-state index contributed by atoms with van der Waals surface area (Å²) in [4.78, 5) is 0. The van der Waals surface area contributed by atoms with E-state index in [1.165, 1.54) is 5.75 Å². The van der Waals surface area contributed by atoms with Crippen molar-refractivity contribution in [2.24, 2.45) is 5.92 Å². The van der Waals surface area contributed by atoms with Gasteiger partial charge in [-0.2, -0.15) is 11.8 Å². The molecule has 2 N–H and O–H groups in total. The van der Waals surface area contributed by atoms with Gasteiger partial charge < -0.3 is 5.32 Å². The molecule has 16 heavy (non-hydrogen) atoms. The van der Waals surface area contributed by atoms with Crippen molar-refractivity contribution in [1.29, 1.82) is 0 Å². The monoisotopic (exact) mass is 264 g/mol. The van der Waals surface area contributed by atoms with Crippen LogP contribution in [0.5, 0.6) is 0 Å². The van der Waals surface area contributed by atoms with Gasteiger partial charge in [-0.3, -0.25) is 0 Å². The minimum absolute atomic E-state index is 0.178. The van der Waals surface area contributed by atoms with Crippen LogP contribution in [0.15, 0.2) is 0 Å². The Morgan fingerprint density at radius 3 is 2.62 bits per heavy atom. The van der Waals surface area contributed by atoms with Crippen LogP contribution in [-0.4, -0.2) is 44.8 Å². The lowest BCUT2D eigenvalue weighted by Crippen LogP contribution is -2.42. The van der Waals surface area contributed by atoms with E-state index < -0.39 is 10.0 Å². The lowest BCUT2D eigenvalue weighted by atomic mass is 10.1. The first-order chi connectivity index (χ1) is 7.68. The highest BCUT2D eigenvalue weighted by molar-refractivity contribution is 7.99. The fraction of sp³-hybridized carbons (Fsp3) is 1.00. The maximum absolute atomic E-state index is 12.0. The minimum atomic E-state index is -3.07. The molecule has 1 unspecified atom stereocenters. The summed E-state index contributed by atoms with van der Waals surface area (Å²) in [5, 5.41) is 3.01. The average Bonchev–Trinajstić information content (AvgIpc) is 2.81. The summed E-state index contributed by atoms with van der Waals surface area (Å²) < 4.78 is 26.8. The third kappa shape index (κ3) is 3.35. The number of thioether (sulfide) groups is 1. The predicted molar refractivity (Wildman–Crippen MR) is 68.2 cm³/mol. The Kier molecular flexibility index (Phi) is 4.52. The number of nitrogens with one attached hydrogen (secondary N) is 2. The SMILES string of the molecule is O=S(=O)(NCC1CCSC1)C1CCNCC1. The van der Waals surface area contributed by atoms with Gasteiger partial charge in [-0.15, -0.1) is 0 Å². The van der Waals surface area contributed by atoms with Gasteiger partial charge in [-0.1, -0.05) is 0 Å². The van der Waals surface area contributed by atoms with Gasteiger partial charge in [0.1, 0.15) is 0 Å². The molecule has 0 radical (unpaired) electrons. The van der Waals surface area contributed by atoms with E-state index in [1.807, 2.05) is 11.8 Å². The number of hydrogen-bond acceptors (Lipinski definition) is 4. The second kappa shape index (κ2) is 5.71. The molecule has 6 heteroatoms. The lowest BCUT2D eigenvalue weighted by molar-refractivity contribution is 0.482. The first-order valence-electron chi connectivity index (χ1n) is 5.95. The van der Waals surface area contributed by atoms with Gasteiger partial charge in [0.15, 0.2) is 0 Å². The molecule has 2 fully saturated rings. The Hall–Kier alpha value is 0.220. The van der Waals surface area contributed by atoms with Gasteiger partial charge in [0.25, 0.3) is 0 Å². The molecule has 2 saturated heterocycles. The average molecular weight is 264 g/mol. The fourth-order valence-electron chi connectivity index (χ4n) is 2.20. The molecular formula is C10H20N2O2S2. The molecule has 0 aromatic carbocycles. The molecule has 0 amide bonds. The summed E-state index contributed by atoms with van der Waals surface area (Å²) in [5.74, 6) is 2.83. The largest absolute Gasteiger partial charge is 0.317 e. The normalized spacial score (nSPS) is 28.4.